The number of hydrogen-bond acceptors (Lipinski definition) is 4. The average Bonchev–Trinajstić information content (AvgIpc) is 3.50. The quantitative estimate of drug-likeness (QED) is 0.414. The van der Waals surface area contributed by atoms with Gasteiger partial charge >= 0.3 is 0 Å². The molecule has 0 saturated carbocycles. The Balaban J connectivity index is 1.52. The first-order valence-electron chi connectivity index (χ1n) is 10.5. The van der Waals surface area contributed by atoms with Crippen molar-refractivity contribution in [3.05, 3.63) is 88.8 Å². The van der Waals surface area contributed by atoms with Crippen molar-refractivity contribution < 1.29 is 19.8 Å². The van der Waals surface area contributed by atoms with Crippen LogP contribution >= 0.6 is 0 Å². The molecule has 5 N–H and O–H groups in total. The highest BCUT2D eigenvalue weighted by Gasteiger charge is 2.42. The van der Waals surface area contributed by atoms with Gasteiger partial charge in [0, 0.05) is 35.6 Å². The number of aliphatic hydroxyl groups is 2. The van der Waals surface area contributed by atoms with Crippen LogP contribution in [0.3, 0.4) is 0 Å². The summed E-state index contributed by atoms with van der Waals surface area (Å²) in [7, 11) is 0. The van der Waals surface area contributed by atoms with Crippen LogP contribution in [0, 0.1) is 0 Å². The lowest BCUT2D eigenvalue weighted by Crippen LogP contribution is -2.30. The molecule has 0 fully saturated rings. The molecule has 7 nitrogen and oxygen atoms in total. The number of aromatic amines is 1. The van der Waals surface area contributed by atoms with Gasteiger partial charge in [0.25, 0.3) is 5.91 Å². The van der Waals surface area contributed by atoms with E-state index in [9.17, 15) is 14.7 Å². The molecule has 2 aliphatic rings. The second kappa shape index (κ2) is 8.11. The van der Waals surface area contributed by atoms with E-state index >= 15 is 0 Å². The Bertz CT molecular complexity index is 1220. The predicted molar refractivity (Wildman–Crippen MR) is 121 cm³/mol. The monoisotopic (exact) mass is 429 g/mol. The van der Waals surface area contributed by atoms with E-state index in [1.165, 1.54) is 0 Å². The molecule has 7 heteroatoms. The highest BCUT2D eigenvalue weighted by molar-refractivity contribution is 6.05. The predicted octanol–water partition coefficient (Wildman–Crippen LogP) is 2.77. The van der Waals surface area contributed by atoms with Gasteiger partial charge in [-0.2, -0.15) is 0 Å². The normalized spacial score (nSPS) is 19.7. The van der Waals surface area contributed by atoms with Crippen molar-refractivity contribution in [2.24, 2.45) is 0 Å². The van der Waals surface area contributed by atoms with Crippen LogP contribution in [0.25, 0.3) is 6.08 Å². The van der Waals surface area contributed by atoms with Gasteiger partial charge in [-0.25, -0.2) is 0 Å². The number of aromatic nitrogens is 1. The maximum atomic E-state index is 13.2. The number of fused-ring (bicyclic) bond motifs is 2. The summed E-state index contributed by atoms with van der Waals surface area (Å²) < 4.78 is 0. The molecule has 1 aromatic heterocycles. The molecule has 3 atom stereocenters. The van der Waals surface area contributed by atoms with E-state index in [2.05, 4.69) is 33.8 Å². The van der Waals surface area contributed by atoms with Crippen molar-refractivity contribution in [2.75, 3.05) is 17.2 Å². The molecule has 3 aromatic rings. The first-order valence-corrected chi connectivity index (χ1v) is 10.5. The second-order valence-corrected chi connectivity index (χ2v) is 8.15. The van der Waals surface area contributed by atoms with E-state index in [1.54, 1.807) is 18.2 Å². The number of allylic oxidation sites excluding steroid dienone is 1. The minimum Gasteiger partial charge on any atom is -0.393 e. The Labute approximate surface area is 184 Å². The molecule has 5 rings (SSSR count). The zero-order valence-corrected chi connectivity index (χ0v) is 17.2. The molecule has 3 unspecified atom stereocenters. The summed E-state index contributed by atoms with van der Waals surface area (Å²) >= 11 is 0. The summed E-state index contributed by atoms with van der Waals surface area (Å²) in [5, 5.41) is 24.2. The Morgan fingerprint density at radius 2 is 1.91 bits per heavy atom. The van der Waals surface area contributed by atoms with Crippen LogP contribution in [0.2, 0.25) is 0 Å². The van der Waals surface area contributed by atoms with Crippen LogP contribution in [0.15, 0.2) is 66.4 Å². The fourth-order valence-electron chi connectivity index (χ4n) is 4.67. The van der Waals surface area contributed by atoms with Crippen molar-refractivity contribution in [1.29, 1.82) is 0 Å². The number of benzene rings is 2. The van der Waals surface area contributed by atoms with Crippen molar-refractivity contribution in [3.8, 4) is 0 Å². The van der Waals surface area contributed by atoms with E-state index in [1.807, 2.05) is 30.5 Å². The molecule has 0 spiro atoms. The van der Waals surface area contributed by atoms with Gasteiger partial charge in [0.15, 0.2) is 6.10 Å². The van der Waals surface area contributed by atoms with Crippen LogP contribution < -0.4 is 10.6 Å². The number of H-pyrrole nitrogens is 1. The zero-order chi connectivity index (χ0) is 22.2. The molecule has 0 bridgehead atoms. The van der Waals surface area contributed by atoms with Gasteiger partial charge in [-0.3, -0.25) is 9.59 Å². The lowest BCUT2D eigenvalue weighted by molar-refractivity contribution is -0.125. The molecule has 0 radical (unpaired) electrons. The van der Waals surface area contributed by atoms with E-state index in [4.69, 9.17) is 5.11 Å². The standard InChI is InChI=1S/C25H23N3O4/c29-13-21(30)24(31)27-17-7-8-20-19(12-17)23(25(32)28-20)22-15(11-16-5-3-9-26-16)10-14-4-1-2-6-18(14)22/h1-10,12,21-23,26,29-30H,11,13H2,(H,27,31)(H,28,32). The molecular formula is C25H23N3O4. The van der Waals surface area contributed by atoms with Crippen molar-refractivity contribution in [2.45, 2.75) is 24.4 Å². The van der Waals surface area contributed by atoms with Crippen molar-refractivity contribution in [1.82, 2.24) is 4.98 Å². The third kappa shape index (κ3) is 3.51. The van der Waals surface area contributed by atoms with Crippen LogP contribution in [0.5, 0.6) is 0 Å². The number of carbonyl (C=O) groups is 2. The lowest BCUT2D eigenvalue weighted by atomic mass is 9.78. The van der Waals surface area contributed by atoms with Crippen LogP contribution in [-0.2, 0) is 16.0 Å². The van der Waals surface area contributed by atoms with E-state index < -0.39 is 24.5 Å². The van der Waals surface area contributed by atoms with Gasteiger partial charge in [-0.1, -0.05) is 35.9 Å². The molecule has 2 amide bonds. The van der Waals surface area contributed by atoms with Crippen LogP contribution in [0.1, 0.15) is 34.2 Å². The highest BCUT2D eigenvalue weighted by Crippen LogP contribution is 2.50. The summed E-state index contributed by atoms with van der Waals surface area (Å²) in [6.07, 6.45) is 3.25. The number of nitrogens with one attached hydrogen (secondary N) is 3. The summed E-state index contributed by atoms with van der Waals surface area (Å²) in [5.74, 6) is -1.36. The highest BCUT2D eigenvalue weighted by atomic mass is 16.3. The van der Waals surface area contributed by atoms with Crippen LogP contribution in [-0.4, -0.2) is 39.7 Å². The number of aliphatic hydroxyl groups excluding tert-OH is 2. The Hall–Kier alpha value is -3.68. The summed E-state index contributed by atoms with van der Waals surface area (Å²) in [5.41, 5.74) is 6.40. The van der Waals surface area contributed by atoms with E-state index in [0.29, 0.717) is 17.8 Å². The smallest absolute Gasteiger partial charge is 0.255 e. The molecule has 2 heterocycles. The van der Waals surface area contributed by atoms with E-state index in [-0.39, 0.29) is 11.8 Å². The zero-order valence-electron chi connectivity index (χ0n) is 17.2. The molecule has 2 aromatic carbocycles. The van der Waals surface area contributed by atoms with Gasteiger partial charge < -0.3 is 25.8 Å². The maximum Gasteiger partial charge on any atom is 0.255 e. The van der Waals surface area contributed by atoms with Crippen molar-refractivity contribution >= 4 is 29.3 Å². The number of amides is 2. The Kier molecular flexibility index (Phi) is 5.13. The van der Waals surface area contributed by atoms with Crippen molar-refractivity contribution in [3.63, 3.8) is 0 Å². The average molecular weight is 429 g/mol. The largest absolute Gasteiger partial charge is 0.393 e. The summed E-state index contributed by atoms with van der Waals surface area (Å²) in [6, 6.07) is 17.3. The SMILES string of the molecule is O=C(Nc1ccc2c(c1)C(C1C(Cc3ccc[nH]3)=Cc3ccccc31)C(=O)N2)C(O)CO. The number of carbonyl (C=O) groups excluding carboxylic acids is 2. The number of anilines is 2. The molecule has 162 valence electrons. The van der Waals surface area contributed by atoms with Gasteiger partial charge in [-0.15, -0.1) is 0 Å². The molecule has 1 aliphatic heterocycles. The fourth-order valence-corrected chi connectivity index (χ4v) is 4.67. The summed E-state index contributed by atoms with van der Waals surface area (Å²) in [4.78, 5) is 28.4. The minimum atomic E-state index is -1.50. The fraction of sp³-hybridized carbons (Fsp3) is 0.200. The Morgan fingerprint density at radius 1 is 1.06 bits per heavy atom. The molecule has 1 aliphatic carbocycles. The maximum absolute atomic E-state index is 13.2. The second-order valence-electron chi connectivity index (χ2n) is 8.15. The minimum absolute atomic E-state index is 0.0852. The number of hydrogen-bond donors (Lipinski definition) is 5. The molecule has 32 heavy (non-hydrogen) atoms. The van der Waals surface area contributed by atoms with Crippen LogP contribution in [0.4, 0.5) is 11.4 Å². The topological polar surface area (TPSA) is 114 Å². The third-order valence-corrected chi connectivity index (χ3v) is 6.13. The summed E-state index contributed by atoms with van der Waals surface area (Å²) in [6.45, 7) is -0.662. The first-order chi connectivity index (χ1) is 15.5. The Morgan fingerprint density at radius 3 is 2.69 bits per heavy atom. The molecule has 0 saturated heterocycles. The lowest BCUT2D eigenvalue weighted by Gasteiger charge is -2.23. The number of rotatable bonds is 6. The van der Waals surface area contributed by atoms with Gasteiger partial charge in [0.2, 0.25) is 5.91 Å². The first kappa shape index (κ1) is 20.2. The van der Waals surface area contributed by atoms with Gasteiger partial charge in [0.1, 0.15) is 0 Å². The van der Waals surface area contributed by atoms with E-state index in [0.717, 1.165) is 28.0 Å². The third-order valence-electron chi connectivity index (χ3n) is 6.13. The van der Waals surface area contributed by atoms with Gasteiger partial charge in [-0.05, 0) is 47.0 Å². The molecular weight excluding hydrogens is 406 g/mol. The van der Waals surface area contributed by atoms with Gasteiger partial charge in [0.05, 0.1) is 12.5 Å².